The van der Waals surface area contributed by atoms with Crippen LogP contribution < -0.4 is 0 Å². The molecule has 0 saturated heterocycles. The van der Waals surface area contributed by atoms with E-state index < -0.39 is 6.09 Å². The Balaban J connectivity index is 2.71. The highest BCUT2D eigenvalue weighted by atomic mass is 16.4. The Hall–Kier alpha value is -1.91. The Bertz CT molecular complexity index is 396. The van der Waals surface area contributed by atoms with Crippen LogP contribution in [0.15, 0.2) is 24.7 Å². The lowest BCUT2D eigenvalue weighted by molar-refractivity contribution is 0.196. The molecule has 2 aliphatic rings. The first-order valence-corrected chi connectivity index (χ1v) is 3.30. The van der Waals surface area contributed by atoms with Crippen molar-refractivity contribution in [1.82, 2.24) is 14.5 Å². The van der Waals surface area contributed by atoms with Gasteiger partial charge in [-0.15, -0.1) is 0 Å². The highest BCUT2D eigenvalue weighted by molar-refractivity contribution is 5.74. The van der Waals surface area contributed by atoms with E-state index in [-0.39, 0.29) is 0 Å². The highest BCUT2D eigenvalue weighted by Crippen LogP contribution is 2.15. The largest absolute Gasteiger partial charge is 0.464 e. The molecular weight excluding hydrogens is 158 g/mol. The number of rotatable bonds is 0. The Morgan fingerprint density at radius 1 is 1.42 bits per heavy atom. The van der Waals surface area contributed by atoms with Crippen molar-refractivity contribution in [3.8, 4) is 11.5 Å². The lowest BCUT2D eigenvalue weighted by Gasteiger charge is -2.03. The van der Waals surface area contributed by atoms with E-state index in [4.69, 9.17) is 5.11 Å². The fourth-order valence-electron chi connectivity index (χ4n) is 1.02. The molecule has 60 valence electrons. The summed E-state index contributed by atoms with van der Waals surface area (Å²) >= 11 is 0. The Labute approximate surface area is 67.6 Å². The summed E-state index contributed by atoms with van der Waals surface area (Å²) in [4.78, 5) is 18.4. The van der Waals surface area contributed by atoms with Gasteiger partial charge >= 0.3 is 6.09 Å². The van der Waals surface area contributed by atoms with Crippen molar-refractivity contribution in [3.63, 3.8) is 0 Å². The maximum atomic E-state index is 10.6. The second-order valence-corrected chi connectivity index (χ2v) is 2.23. The number of hydrogen-bond acceptors (Lipinski definition) is 3. The minimum Gasteiger partial charge on any atom is -0.464 e. The van der Waals surface area contributed by atoms with Crippen LogP contribution >= 0.6 is 0 Å². The molecule has 2 aliphatic heterocycles. The third-order valence-electron chi connectivity index (χ3n) is 1.54. The fraction of sp³-hybridized carbons (Fsp3) is 0. The van der Waals surface area contributed by atoms with Crippen molar-refractivity contribution in [1.29, 1.82) is 0 Å². The molecule has 0 aromatic heterocycles. The molecule has 5 heteroatoms. The topological polar surface area (TPSA) is 68.0 Å². The second-order valence-electron chi connectivity index (χ2n) is 2.23. The number of nitrogens with zero attached hydrogens (tertiary/aromatic N) is 3. The molecule has 0 saturated carbocycles. The smallest absolute Gasteiger partial charge is 0.416 e. The molecule has 1 N–H and O–H groups in total. The predicted octanol–water partition coefficient (Wildman–Crippen LogP) is 0.909. The molecule has 0 unspecified atom stereocenters. The molecule has 0 amide bonds. The van der Waals surface area contributed by atoms with Gasteiger partial charge in [0.25, 0.3) is 0 Å². The summed E-state index contributed by atoms with van der Waals surface area (Å²) < 4.78 is 1.08. The van der Waals surface area contributed by atoms with Crippen LogP contribution in [0.2, 0.25) is 0 Å². The first-order chi connectivity index (χ1) is 5.79. The van der Waals surface area contributed by atoms with Crippen molar-refractivity contribution >= 4 is 6.09 Å². The van der Waals surface area contributed by atoms with Gasteiger partial charge in [0, 0.05) is 18.6 Å². The lowest BCUT2D eigenvalue weighted by Crippen LogP contribution is -2.11. The van der Waals surface area contributed by atoms with Crippen LogP contribution in [-0.2, 0) is 0 Å². The number of hydrogen-bond donors (Lipinski definition) is 1. The van der Waals surface area contributed by atoms with Gasteiger partial charge in [0.15, 0.2) is 5.82 Å². The molecule has 12 heavy (non-hydrogen) atoms. The molecular formula is C7H5N3O2. The van der Waals surface area contributed by atoms with E-state index in [2.05, 4.69) is 9.97 Å². The van der Waals surface area contributed by atoms with Crippen LogP contribution in [0.1, 0.15) is 0 Å². The molecule has 0 aromatic rings. The number of aromatic nitrogens is 3. The van der Waals surface area contributed by atoms with Gasteiger partial charge in [0.2, 0.25) is 0 Å². The molecule has 0 aromatic carbocycles. The standard InChI is InChI=1S/C7H5N3O2/c11-7(12)10-4-3-9-6-5(10)1-2-8-6/h1-4H,(H,11,12). The third kappa shape index (κ3) is 0.833. The van der Waals surface area contributed by atoms with E-state index in [1.165, 1.54) is 18.6 Å². The summed E-state index contributed by atoms with van der Waals surface area (Å²) in [5.74, 6) is 0.444. The highest BCUT2D eigenvalue weighted by Gasteiger charge is 2.11. The lowest BCUT2D eigenvalue weighted by atomic mass is 10.4. The summed E-state index contributed by atoms with van der Waals surface area (Å²) in [5, 5.41) is 8.71. The van der Waals surface area contributed by atoms with Gasteiger partial charge in [0.05, 0.1) is 5.69 Å². The molecule has 0 spiro atoms. The first-order valence-electron chi connectivity index (χ1n) is 3.30. The van der Waals surface area contributed by atoms with Crippen molar-refractivity contribution in [2.45, 2.75) is 0 Å². The van der Waals surface area contributed by atoms with E-state index in [9.17, 15) is 4.79 Å². The monoisotopic (exact) mass is 163 g/mol. The summed E-state index contributed by atoms with van der Waals surface area (Å²) in [6.45, 7) is 0. The van der Waals surface area contributed by atoms with Gasteiger partial charge in [-0.25, -0.2) is 19.3 Å². The van der Waals surface area contributed by atoms with Crippen LogP contribution in [0.25, 0.3) is 11.5 Å². The van der Waals surface area contributed by atoms with E-state index in [0.29, 0.717) is 11.5 Å². The number of fused-ring (bicyclic) bond motifs is 1. The molecule has 0 fully saturated rings. The van der Waals surface area contributed by atoms with E-state index in [1.807, 2.05) is 0 Å². The van der Waals surface area contributed by atoms with Crippen LogP contribution in [0.3, 0.4) is 0 Å². The Morgan fingerprint density at radius 3 is 2.92 bits per heavy atom. The Kier molecular flexibility index (Phi) is 1.30. The van der Waals surface area contributed by atoms with E-state index in [0.717, 1.165) is 4.57 Å². The first kappa shape index (κ1) is 6.78. The second kappa shape index (κ2) is 2.30. The zero-order valence-corrected chi connectivity index (χ0v) is 6.01. The normalized spacial score (nSPS) is 10.3. The summed E-state index contributed by atoms with van der Waals surface area (Å²) in [6, 6.07) is 1.61. The quantitative estimate of drug-likeness (QED) is 0.626. The van der Waals surface area contributed by atoms with Gasteiger partial charge in [-0.1, -0.05) is 0 Å². The minimum absolute atomic E-state index is 0.444. The van der Waals surface area contributed by atoms with Crippen molar-refractivity contribution in [2.24, 2.45) is 0 Å². The van der Waals surface area contributed by atoms with Gasteiger partial charge < -0.3 is 5.11 Å². The summed E-state index contributed by atoms with van der Waals surface area (Å²) in [5.41, 5.74) is 0.505. The van der Waals surface area contributed by atoms with Crippen molar-refractivity contribution < 1.29 is 9.90 Å². The van der Waals surface area contributed by atoms with Crippen LogP contribution in [0.4, 0.5) is 4.79 Å². The summed E-state index contributed by atoms with van der Waals surface area (Å²) in [6.07, 6.45) is 3.28. The molecule has 5 nitrogen and oxygen atoms in total. The predicted molar refractivity (Wildman–Crippen MR) is 40.1 cm³/mol. The zero-order chi connectivity index (χ0) is 8.55. The number of carboxylic acid groups (broad SMARTS) is 1. The van der Waals surface area contributed by atoms with Gasteiger partial charge in [-0.05, 0) is 6.07 Å². The average molecular weight is 163 g/mol. The van der Waals surface area contributed by atoms with Crippen LogP contribution in [0, 0.1) is 0 Å². The molecule has 0 radical (unpaired) electrons. The van der Waals surface area contributed by atoms with E-state index >= 15 is 0 Å². The maximum Gasteiger partial charge on any atom is 0.416 e. The molecule has 2 rings (SSSR count). The molecule has 2 heterocycles. The van der Waals surface area contributed by atoms with Crippen molar-refractivity contribution in [3.05, 3.63) is 24.7 Å². The SMILES string of the molecule is O=C(O)n1ccnc2nccc1-2. The Morgan fingerprint density at radius 2 is 2.17 bits per heavy atom. The summed E-state index contributed by atoms with van der Waals surface area (Å²) in [7, 11) is 0. The third-order valence-corrected chi connectivity index (χ3v) is 1.54. The molecule has 0 aliphatic carbocycles. The zero-order valence-electron chi connectivity index (χ0n) is 6.01. The van der Waals surface area contributed by atoms with Gasteiger partial charge in [0.1, 0.15) is 0 Å². The van der Waals surface area contributed by atoms with Crippen LogP contribution in [-0.4, -0.2) is 25.7 Å². The molecule has 0 bridgehead atoms. The van der Waals surface area contributed by atoms with Crippen molar-refractivity contribution in [2.75, 3.05) is 0 Å². The molecule has 0 atom stereocenters. The van der Waals surface area contributed by atoms with Crippen LogP contribution in [0.5, 0.6) is 0 Å². The van der Waals surface area contributed by atoms with Gasteiger partial charge in [-0.3, -0.25) is 0 Å². The fourth-order valence-corrected chi connectivity index (χ4v) is 1.02. The van der Waals surface area contributed by atoms with Gasteiger partial charge in [-0.2, -0.15) is 0 Å². The number of carbonyl (C=O) groups is 1. The minimum atomic E-state index is -1.03. The van der Waals surface area contributed by atoms with E-state index in [1.54, 1.807) is 6.07 Å². The maximum absolute atomic E-state index is 10.6. The average Bonchev–Trinajstić information content (AvgIpc) is 2.49.